The third kappa shape index (κ3) is 5.74. The van der Waals surface area contributed by atoms with E-state index in [2.05, 4.69) is 216 Å². The Hall–Kier alpha value is -7.90. The normalized spacial score (nSPS) is 14.3. The van der Waals surface area contributed by atoms with E-state index in [9.17, 15) is 0 Å². The molecule has 6 heteroatoms. The van der Waals surface area contributed by atoms with Crippen LogP contribution in [0.15, 0.2) is 216 Å². The molecular formula is C59H36N4S2. The van der Waals surface area contributed by atoms with Gasteiger partial charge in [0.1, 0.15) is 12.0 Å². The fourth-order valence-electron chi connectivity index (χ4n) is 10.2. The number of nitrogens with one attached hydrogen (secondary N) is 1. The van der Waals surface area contributed by atoms with E-state index in [1.165, 1.54) is 83.7 Å². The molecule has 1 unspecified atom stereocenters. The maximum atomic E-state index is 5.51. The third-order valence-electron chi connectivity index (χ3n) is 13.2. The van der Waals surface area contributed by atoms with Gasteiger partial charge in [0.05, 0.1) is 11.0 Å². The molecule has 0 radical (unpaired) electrons. The lowest BCUT2D eigenvalue weighted by atomic mass is 9.93. The number of para-hydroxylation sites is 1. The SMILES string of the molecule is c1ccc(C2N=C(c3ccc(-n4c5ccccc5c5cc6ccccc6cc54)cc3-c3cccc4sc5c6ccccc6ccc5c34)N=C(c3ccc4sc5ccccc5c4c3)N2)cc1. The van der Waals surface area contributed by atoms with Crippen molar-refractivity contribution in [3.05, 3.63) is 223 Å². The van der Waals surface area contributed by atoms with E-state index in [0.717, 1.165) is 39.3 Å². The van der Waals surface area contributed by atoms with Gasteiger partial charge in [-0.1, -0.05) is 140 Å². The third-order valence-corrected chi connectivity index (χ3v) is 15.6. The fourth-order valence-corrected chi connectivity index (χ4v) is 12.5. The highest BCUT2D eigenvalue weighted by Crippen LogP contribution is 2.45. The number of aromatic nitrogens is 1. The Morgan fingerprint density at radius 3 is 2.06 bits per heavy atom. The molecule has 0 fully saturated rings. The predicted molar refractivity (Wildman–Crippen MR) is 279 cm³/mol. The predicted octanol–water partition coefficient (Wildman–Crippen LogP) is 16.0. The number of amidine groups is 2. The van der Waals surface area contributed by atoms with E-state index in [1.54, 1.807) is 0 Å². The second-order valence-corrected chi connectivity index (χ2v) is 19.1. The molecule has 1 aliphatic heterocycles. The molecule has 304 valence electrons. The molecule has 0 aliphatic carbocycles. The highest BCUT2D eigenvalue weighted by molar-refractivity contribution is 7.27. The maximum absolute atomic E-state index is 5.51. The maximum Gasteiger partial charge on any atom is 0.160 e. The van der Waals surface area contributed by atoms with Crippen LogP contribution in [0.5, 0.6) is 0 Å². The molecule has 0 bridgehead atoms. The van der Waals surface area contributed by atoms with Gasteiger partial charge in [-0.15, -0.1) is 22.7 Å². The number of nitrogens with zero attached hydrogens (tertiary/aromatic N) is 3. The first kappa shape index (κ1) is 36.6. The molecule has 0 spiro atoms. The highest BCUT2D eigenvalue weighted by Gasteiger charge is 2.26. The van der Waals surface area contributed by atoms with Crippen molar-refractivity contribution < 1.29 is 0 Å². The van der Waals surface area contributed by atoms with Crippen molar-refractivity contribution in [1.82, 2.24) is 9.88 Å². The average molecular weight is 865 g/mol. The first-order chi connectivity index (χ1) is 32.2. The van der Waals surface area contributed by atoms with Gasteiger partial charge in [-0.25, -0.2) is 9.98 Å². The molecular weight excluding hydrogens is 829 g/mol. The minimum atomic E-state index is -0.351. The van der Waals surface area contributed by atoms with Crippen molar-refractivity contribution in [2.24, 2.45) is 9.98 Å². The van der Waals surface area contributed by atoms with Gasteiger partial charge in [0.15, 0.2) is 5.84 Å². The van der Waals surface area contributed by atoms with Crippen molar-refractivity contribution >= 4 is 118 Å². The van der Waals surface area contributed by atoms with Crippen LogP contribution in [0.1, 0.15) is 22.9 Å². The fraction of sp³-hybridized carbons (Fsp3) is 0.0169. The Bertz CT molecular complexity index is 4170. The van der Waals surface area contributed by atoms with Gasteiger partial charge < -0.3 is 9.88 Å². The van der Waals surface area contributed by atoms with Crippen molar-refractivity contribution in [3.8, 4) is 16.8 Å². The lowest BCUT2D eigenvalue weighted by Crippen LogP contribution is -2.33. The van der Waals surface area contributed by atoms with E-state index < -0.39 is 0 Å². The summed E-state index contributed by atoms with van der Waals surface area (Å²) in [5.41, 5.74) is 8.76. The van der Waals surface area contributed by atoms with Crippen molar-refractivity contribution in [3.63, 3.8) is 0 Å². The molecule has 1 atom stereocenters. The molecule has 10 aromatic carbocycles. The van der Waals surface area contributed by atoms with Gasteiger partial charge in [0, 0.05) is 67.9 Å². The molecule has 1 N–H and O–H groups in total. The van der Waals surface area contributed by atoms with Crippen LogP contribution >= 0.6 is 22.7 Å². The smallest absolute Gasteiger partial charge is 0.160 e. The number of thiophene rings is 2. The second-order valence-electron chi connectivity index (χ2n) is 16.9. The molecule has 13 aromatic rings. The Morgan fingerprint density at radius 2 is 1.17 bits per heavy atom. The zero-order chi connectivity index (χ0) is 42.6. The van der Waals surface area contributed by atoms with Gasteiger partial charge in [-0.3, -0.25) is 0 Å². The van der Waals surface area contributed by atoms with E-state index >= 15 is 0 Å². The summed E-state index contributed by atoms with van der Waals surface area (Å²) in [7, 11) is 0. The van der Waals surface area contributed by atoms with Gasteiger partial charge in [0.25, 0.3) is 0 Å². The second kappa shape index (κ2) is 14.3. The Morgan fingerprint density at radius 1 is 0.431 bits per heavy atom. The largest absolute Gasteiger partial charge is 0.344 e. The van der Waals surface area contributed by atoms with Crippen LogP contribution in [0, 0.1) is 0 Å². The van der Waals surface area contributed by atoms with Crippen LogP contribution in [0.4, 0.5) is 0 Å². The Kier molecular flexibility index (Phi) is 8.05. The summed E-state index contributed by atoms with van der Waals surface area (Å²) in [5.74, 6) is 1.50. The lowest BCUT2D eigenvalue weighted by molar-refractivity contribution is 0.674. The summed E-state index contributed by atoms with van der Waals surface area (Å²) in [4.78, 5) is 11.0. The summed E-state index contributed by atoms with van der Waals surface area (Å²) in [6.07, 6.45) is -0.351. The van der Waals surface area contributed by atoms with E-state index in [4.69, 9.17) is 9.98 Å². The molecule has 0 saturated heterocycles. The molecule has 0 saturated carbocycles. The minimum absolute atomic E-state index is 0.351. The van der Waals surface area contributed by atoms with Gasteiger partial charge in [-0.05, 0) is 105 Å². The number of rotatable bonds is 5. The molecule has 4 heterocycles. The van der Waals surface area contributed by atoms with Crippen molar-refractivity contribution in [2.45, 2.75) is 6.17 Å². The number of benzene rings is 10. The van der Waals surface area contributed by atoms with Gasteiger partial charge in [0.2, 0.25) is 0 Å². The zero-order valence-corrected chi connectivity index (χ0v) is 36.5. The summed E-state index contributed by atoms with van der Waals surface area (Å²) in [5, 5.41) is 16.2. The highest BCUT2D eigenvalue weighted by atomic mass is 32.1. The quantitative estimate of drug-likeness (QED) is 0.184. The van der Waals surface area contributed by atoms with Crippen LogP contribution in [0.25, 0.3) is 101 Å². The summed E-state index contributed by atoms with van der Waals surface area (Å²) < 4.78 is 7.54. The van der Waals surface area contributed by atoms with E-state index in [0.29, 0.717) is 5.84 Å². The van der Waals surface area contributed by atoms with Crippen LogP contribution in [0.2, 0.25) is 0 Å². The summed E-state index contributed by atoms with van der Waals surface area (Å²) >= 11 is 3.70. The number of hydrogen-bond donors (Lipinski definition) is 1. The number of aliphatic imine (C=N–C) groups is 2. The van der Waals surface area contributed by atoms with Crippen LogP contribution < -0.4 is 5.32 Å². The van der Waals surface area contributed by atoms with Crippen LogP contribution in [-0.4, -0.2) is 16.2 Å². The standard InChI is InChI=1S/C59H36N4S2/c1-2-14-36(15-3-1)57-60-58(39-26-30-53-49(32-39)43-20-9-11-23-52(43)64-53)62-59(61-57)45-29-27-40(63-50-22-10-8-19-42(50)48-31-37-16-4-5-17-38(37)33-51(48)63)34-47(45)44-21-12-24-54-55(44)46-28-25-35-13-6-7-18-41(35)56(46)65-54/h1-34,57H,(H,60,61,62). The Labute approximate surface area is 381 Å². The first-order valence-electron chi connectivity index (χ1n) is 22.0. The van der Waals surface area contributed by atoms with Crippen LogP contribution in [-0.2, 0) is 0 Å². The number of fused-ring (bicyclic) bond motifs is 12. The first-order valence-corrected chi connectivity index (χ1v) is 23.6. The molecule has 14 rings (SSSR count). The molecule has 1 aliphatic rings. The zero-order valence-electron chi connectivity index (χ0n) is 34.9. The summed E-state index contributed by atoms with van der Waals surface area (Å²) in [6, 6.07) is 75.1. The molecule has 65 heavy (non-hydrogen) atoms. The van der Waals surface area contributed by atoms with Crippen molar-refractivity contribution in [2.75, 3.05) is 0 Å². The van der Waals surface area contributed by atoms with Crippen LogP contribution in [0.3, 0.4) is 0 Å². The van der Waals surface area contributed by atoms with Gasteiger partial charge in [-0.2, -0.15) is 0 Å². The van der Waals surface area contributed by atoms with Crippen molar-refractivity contribution in [1.29, 1.82) is 0 Å². The Balaban J connectivity index is 1.05. The molecule has 4 nitrogen and oxygen atoms in total. The van der Waals surface area contributed by atoms with Gasteiger partial charge >= 0.3 is 0 Å². The number of hydrogen-bond acceptors (Lipinski definition) is 5. The molecule has 3 aromatic heterocycles. The van der Waals surface area contributed by atoms with E-state index in [1.807, 2.05) is 22.7 Å². The monoisotopic (exact) mass is 864 g/mol. The van der Waals surface area contributed by atoms with E-state index in [-0.39, 0.29) is 6.17 Å². The summed E-state index contributed by atoms with van der Waals surface area (Å²) in [6.45, 7) is 0. The topological polar surface area (TPSA) is 41.7 Å². The molecule has 0 amide bonds. The lowest BCUT2D eigenvalue weighted by Gasteiger charge is -2.25. The average Bonchev–Trinajstić information content (AvgIpc) is 4.05. The minimum Gasteiger partial charge on any atom is -0.344 e.